The Morgan fingerprint density at radius 3 is 2.34 bits per heavy atom. The molecule has 0 spiro atoms. The highest BCUT2D eigenvalue weighted by atomic mass is 31.1. The van der Waals surface area contributed by atoms with Crippen molar-refractivity contribution in [1.29, 1.82) is 0 Å². The third-order valence-corrected chi connectivity index (χ3v) is 7.56. The zero-order valence-electron chi connectivity index (χ0n) is 19.7. The van der Waals surface area contributed by atoms with Crippen LogP contribution in [0.5, 0.6) is 0 Å². The summed E-state index contributed by atoms with van der Waals surface area (Å²) in [6, 6.07) is 17.7. The number of hydrogen-bond acceptors (Lipinski definition) is 5. The lowest BCUT2D eigenvalue weighted by Gasteiger charge is -2.40. The van der Waals surface area contributed by atoms with Crippen molar-refractivity contribution in [2.45, 2.75) is 37.4 Å². The number of aryl methyl sites for hydroxylation is 1. The third-order valence-electron chi connectivity index (χ3n) is 5.83. The van der Waals surface area contributed by atoms with Gasteiger partial charge in [0.15, 0.2) is 0 Å². The number of aromatic nitrogens is 1. The van der Waals surface area contributed by atoms with Gasteiger partial charge in [0.05, 0.1) is 11.4 Å². The van der Waals surface area contributed by atoms with E-state index in [1.165, 1.54) is 30.3 Å². The van der Waals surface area contributed by atoms with Crippen LogP contribution in [0.3, 0.4) is 0 Å². The first-order valence-corrected chi connectivity index (χ1v) is 12.3. The Balaban J connectivity index is 2.37. The van der Waals surface area contributed by atoms with E-state index in [4.69, 9.17) is 4.52 Å². The highest BCUT2D eigenvalue weighted by Crippen LogP contribution is 2.53. The molecule has 0 aliphatic heterocycles. The van der Waals surface area contributed by atoms with Crippen LogP contribution >= 0.6 is 8.03 Å². The van der Waals surface area contributed by atoms with Crippen molar-refractivity contribution in [2.75, 3.05) is 7.11 Å². The Labute approximate surface area is 204 Å². The molecule has 6 nitrogen and oxygen atoms in total. The van der Waals surface area contributed by atoms with Crippen LogP contribution in [0, 0.1) is 24.6 Å². The molecule has 35 heavy (non-hydrogen) atoms. The summed E-state index contributed by atoms with van der Waals surface area (Å²) >= 11 is 0. The van der Waals surface area contributed by atoms with Crippen molar-refractivity contribution in [1.82, 2.24) is 4.98 Å². The second-order valence-electron chi connectivity index (χ2n) is 8.09. The molecule has 182 valence electrons. The van der Waals surface area contributed by atoms with Crippen molar-refractivity contribution in [3.8, 4) is 23.1 Å². The van der Waals surface area contributed by atoms with Crippen LogP contribution < -0.4 is 0 Å². The number of halogens is 1. The maximum Gasteiger partial charge on any atom is 0.335 e. The van der Waals surface area contributed by atoms with Crippen molar-refractivity contribution in [3.63, 3.8) is 0 Å². The predicted molar refractivity (Wildman–Crippen MR) is 133 cm³/mol. The number of nitrogens with zero attached hydrogens (tertiary/aromatic N) is 1. The molecule has 3 unspecified atom stereocenters. The van der Waals surface area contributed by atoms with E-state index in [2.05, 4.69) is 16.8 Å². The SMILES string of the molecule is CCC#CC(C(=O)O)([PH](=O)OC)C(O)(Cc1ccc(F)cc1)c1ccc(C)c(-c2ccccc2)n1. The number of rotatable bonds is 8. The van der Waals surface area contributed by atoms with Gasteiger partial charge in [0.25, 0.3) is 0 Å². The van der Waals surface area contributed by atoms with E-state index in [1.54, 1.807) is 13.0 Å². The molecule has 0 fully saturated rings. The van der Waals surface area contributed by atoms with Crippen LogP contribution in [0.15, 0.2) is 66.7 Å². The van der Waals surface area contributed by atoms with Crippen LogP contribution in [-0.4, -0.2) is 33.4 Å². The fraction of sp³-hybridized carbons (Fsp3) is 0.259. The number of carboxylic acids is 1. The molecule has 3 aromatic rings. The first-order chi connectivity index (χ1) is 16.7. The standard InChI is InChI=1S/C27H27FNO5P/c1-4-5-17-27(25(30)31,35(33)34-3)26(32,18-20-12-14-22(28)15-13-20)23-16-11-19(2)24(29-23)21-9-7-6-8-10-21/h6-16,32,35H,4,18H2,1-3H3,(H,30,31). The van der Waals surface area contributed by atoms with Gasteiger partial charge in [-0.25, -0.2) is 14.2 Å². The third kappa shape index (κ3) is 5.06. The summed E-state index contributed by atoms with van der Waals surface area (Å²) in [6.07, 6.45) is -0.0842. The molecule has 2 N–H and O–H groups in total. The lowest BCUT2D eigenvalue weighted by Crippen LogP contribution is -2.56. The summed E-state index contributed by atoms with van der Waals surface area (Å²) < 4.78 is 31.9. The fourth-order valence-electron chi connectivity index (χ4n) is 3.98. The molecule has 3 rings (SSSR count). The summed E-state index contributed by atoms with van der Waals surface area (Å²) in [4.78, 5) is 17.5. The van der Waals surface area contributed by atoms with Crippen molar-refractivity contribution < 1.29 is 28.5 Å². The number of aliphatic carboxylic acids is 1. The Hall–Kier alpha value is -3.30. The monoisotopic (exact) mass is 495 g/mol. The van der Waals surface area contributed by atoms with E-state index >= 15 is 0 Å². The Kier molecular flexibility index (Phi) is 8.24. The number of aliphatic hydroxyl groups is 1. The summed E-state index contributed by atoms with van der Waals surface area (Å²) in [6.45, 7) is 3.55. The minimum atomic E-state index is -3.50. The van der Waals surface area contributed by atoms with Crippen LogP contribution in [0.25, 0.3) is 11.3 Å². The minimum absolute atomic E-state index is 0.0329. The maximum atomic E-state index is 13.6. The topological polar surface area (TPSA) is 96.7 Å². The first-order valence-electron chi connectivity index (χ1n) is 11.0. The van der Waals surface area contributed by atoms with Crippen molar-refractivity contribution in [2.24, 2.45) is 0 Å². The number of hydrogen-bond donors (Lipinski definition) is 2. The highest BCUT2D eigenvalue weighted by molar-refractivity contribution is 7.43. The van der Waals surface area contributed by atoms with Gasteiger partial charge >= 0.3 is 5.97 Å². The maximum absolute atomic E-state index is 13.6. The Morgan fingerprint density at radius 2 is 1.77 bits per heavy atom. The molecule has 3 atom stereocenters. The molecule has 0 amide bonds. The average molecular weight is 495 g/mol. The normalized spacial score (nSPS) is 15.2. The molecule has 0 bridgehead atoms. The minimum Gasteiger partial charge on any atom is -0.480 e. The quantitative estimate of drug-likeness (QED) is 0.338. The van der Waals surface area contributed by atoms with E-state index in [9.17, 15) is 24.0 Å². The van der Waals surface area contributed by atoms with E-state index < -0.39 is 30.6 Å². The largest absolute Gasteiger partial charge is 0.480 e. The second-order valence-corrected chi connectivity index (χ2v) is 9.83. The highest BCUT2D eigenvalue weighted by Gasteiger charge is 2.62. The lowest BCUT2D eigenvalue weighted by molar-refractivity contribution is -0.146. The van der Waals surface area contributed by atoms with Gasteiger partial charge in [0.1, 0.15) is 11.4 Å². The summed E-state index contributed by atoms with van der Waals surface area (Å²) in [7, 11) is -2.39. The van der Waals surface area contributed by atoms with Crippen LogP contribution in [0.2, 0.25) is 0 Å². The molecule has 0 saturated carbocycles. The molecule has 1 aromatic heterocycles. The van der Waals surface area contributed by atoms with Crippen LogP contribution in [0.4, 0.5) is 4.39 Å². The van der Waals surface area contributed by atoms with Crippen molar-refractivity contribution >= 4 is 14.0 Å². The van der Waals surface area contributed by atoms with Gasteiger partial charge in [0, 0.05) is 25.5 Å². The molecule has 1 heterocycles. The van der Waals surface area contributed by atoms with E-state index in [0.717, 1.165) is 18.2 Å². The van der Waals surface area contributed by atoms with Crippen LogP contribution in [-0.2, 0) is 25.9 Å². The van der Waals surface area contributed by atoms with Gasteiger partial charge in [-0.15, -0.1) is 5.92 Å². The smallest absolute Gasteiger partial charge is 0.335 e. The summed E-state index contributed by atoms with van der Waals surface area (Å²) in [5.41, 5.74) is 0.0737. The van der Waals surface area contributed by atoms with E-state index in [1.807, 2.05) is 37.3 Å². The van der Waals surface area contributed by atoms with Gasteiger partial charge in [0.2, 0.25) is 13.2 Å². The first kappa shape index (κ1) is 26.3. The van der Waals surface area contributed by atoms with Crippen LogP contribution in [0.1, 0.15) is 30.2 Å². The van der Waals surface area contributed by atoms with E-state index in [-0.39, 0.29) is 18.5 Å². The molecular weight excluding hydrogens is 468 g/mol. The van der Waals surface area contributed by atoms with Gasteiger partial charge in [-0.3, -0.25) is 4.57 Å². The molecule has 0 aliphatic rings. The number of pyridine rings is 1. The number of carboxylic acid groups (broad SMARTS) is 1. The fourth-order valence-corrected chi connectivity index (χ4v) is 5.20. The Bertz CT molecular complexity index is 1290. The lowest BCUT2D eigenvalue weighted by atomic mass is 9.78. The van der Waals surface area contributed by atoms with Crippen molar-refractivity contribution in [3.05, 3.63) is 89.4 Å². The molecule has 8 heteroatoms. The number of carbonyl (C=O) groups is 1. The molecule has 2 aromatic carbocycles. The zero-order valence-corrected chi connectivity index (χ0v) is 20.7. The van der Waals surface area contributed by atoms with E-state index in [0.29, 0.717) is 11.3 Å². The summed E-state index contributed by atoms with van der Waals surface area (Å²) in [5.74, 6) is 3.16. The average Bonchev–Trinajstić information content (AvgIpc) is 2.86. The molecule has 0 radical (unpaired) electrons. The predicted octanol–water partition coefficient (Wildman–Crippen LogP) is 4.98. The Morgan fingerprint density at radius 1 is 1.11 bits per heavy atom. The second kappa shape index (κ2) is 11.0. The van der Waals surface area contributed by atoms with Gasteiger partial charge < -0.3 is 14.7 Å². The van der Waals surface area contributed by atoms with Gasteiger partial charge in [-0.1, -0.05) is 61.4 Å². The van der Waals surface area contributed by atoms with Gasteiger partial charge in [-0.05, 0) is 36.2 Å². The summed E-state index contributed by atoms with van der Waals surface area (Å²) in [5, 5.41) is 20.2. The molecular formula is C27H27FNO5P. The van der Waals surface area contributed by atoms with Gasteiger partial charge in [-0.2, -0.15) is 0 Å². The molecule has 0 saturated heterocycles. The molecule has 0 aliphatic carbocycles. The zero-order chi connectivity index (χ0) is 25.6. The number of benzene rings is 2.